The summed E-state index contributed by atoms with van der Waals surface area (Å²) in [6.07, 6.45) is -4.79. The van der Waals surface area contributed by atoms with Gasteiger partial charge in [0, 0.05) is 58.4 Å². The van der Waals surface area contributed by atoms with E-state index in [1.54, 1.807) is 11.6 Å². The number of aryl methyl sites for hydroxylation is 1. The molecule has 6 rings (SSSR count). The number of aromatic nitrogens is 3. The number of fused-ring (bicyclic) bond motifs is 2. The molecule has 46 heavy (non-hydrogen) atoms. The molecule has 4 heterocycles. The molecule has 0 bridgehead atoms. The number of nitrogens with one attached hydrogen (secondary N) is 3. The van der Waals surface area contributed by atoms with Crippen molar-refractivity contribution >= 4 is 49.6 Å². The molecule has 2 saturated heterocycles. The van der Waals surface area contributed by atoms with Crippen LogP contribution in [0.2, 0.25) is 0 Å². The Balaban J connectivity index is 0.000000400. The second-order valence-corrected chi connectivity index (χ2v) is 11.6. The Labute approximate surface area is 266 Å². The van der Waals surface area contributed by atoms with E-state index in [1.807, 2.05) is 0 Å². The van der Waals surface area contributed by atoms with E-state index in [0.29, 0.717) is 65.2 Å². The standard InChI is InChI=1S/C23H22F4N6O3S.C6H13N2O/c1-32-18-12-15(24)14(20(34)28-4-5-33-6-8-35-9-7-33)11-17(18)29-21(32)31-22-30-16-3-2-13(10-19(16)37-22)36-23(25,26)27;7-1-2-8-3-5-9-6-4-8/h2-3,10-12H,4-9H2,1H3,(H,28,34)(H,29,30,31);7H,1-6H2/q;-1. The number of halogens is 4. The van der Waals surface area contributed by atoms with Crippen LogP contribution in [0.5, 0.6) is 5.75 Å². The van der Waals surface area contributed by atoms with Crippen LogP contribution in [-0.4, -0.2) is 115 Å². The van der Waals surface area contributed by atoms with Crippen LogP contribution in [-0.2, 0) is 16.5 Å². The first-order valence-electron chi connectivity index (χ1n) is 14.7. The van der Waals surface area contributed by atoms with E-state index in [4.69, 9.17) is 15.2 Å². The van der Waals surface area contributed by atoms with E-state index in [1.165, 1.54) is 30.3 Å². The Morgan fingerprint density at radius 1 is 1.00 bits per heavy atom. The lowest BCUT2D eigenvalue weighted by molar-refractivity contribution is -0.274. The zero-order valence-electron chi connectivity index (χ0n) is 25.2. The number of alkyl halides is 3. The number of hydrogen-bond donors (Lipinski definition) is 2. The summed E-state index contributed by atoms with van der Waals surface area (Å²) in [4.78, 5) is 25.9. The fraction of sp³-hybridized carbons (Fsp3) is 0.483. The molecule has 1 amide bonds. The van der Waals surface area contributed by atoms with Gasteiger partial charge in [0.25, 0.3) is 5.91 Å². The van der Waals surface area contributed by atoms with Crippen molar-refractivity contribution in [2.75, 3.05) is 84.1 Å². The van der Waals surface area contributed by atoms with Gasteiger partial charge in [-0.05, 0) is 24.7 Å². The smallest absolute Gasteiger partial charge is 0.573 e. The summed E-state index contributed by atoms with van der Waals surface area (Å²) >= 11 is 1.11. The molecule has 0 aliphatic carbocycles. The molecule has 0 spiro atoms. The maximum Gasteiger partial charge on any atom is 0.573 e. The van der Waals surface area contributed by atoms with Crippen molar-refractivity contribution in [1.82, 2.24) is 29.7 Å². The van der Waals surface area contributed by atoms with Crippen LogP contribution >= 0.6 is 11.3 Å². The topological polar surface area (TPSA) is 130 Å². The number of benzene rings is 2. The fourth-order valence-electron chi connectivity index (χ4n) is 4.98. The molecular formula is C29H35F4N8O4S-. The van der Waals surface area contributed by atoms with E-state index in [0.717, 1.165) is 57.3 Å². The zero-order chi connectivity index (χ0) is 32.7. The highest BCUT2D eigenvalue weighted by Crippen LogP contribution is 2.33. The minimum absolute atomic E-state index is 0.115. The average Bonchev–Trinajstić information content (AvgIpc) is 3.56. The number of rotatable bonds is 9. The van der Waals surface area contributed by atoms with E-state index >= 15 is 0 Å². The van der Waals surface area contributed by atoms with Gasteiger partial charge in [0.1, 0.15) is 11.6 Å². The molecule has 0 saturated carbocycles. The molecule has 0 unspecified atom stereocenters. The lowest BCUT2D eigenvalue weighted by Crippen LogP contribution is -2.41. The first kappa shape index (κ1) is 33.7. The molecule has 0 atom stereocenters. The number of anilines is 2. The summed E-state index contributed by atoms with van der Waals surface area (Å²) in [6, 6.07) is 6.49. The SMILES string of the molecule is Cn1c(Nc2nc3ccc(OC(F)(F)F)cc3s2)nc2cc(C(=O)NCCN3CCOCC3)c(F)cc21.[NH-]CCN1CCOCC1. The number of carbonyl (C=O) groups is 1. The highest BCUT2D eigenvalue weighted by Gasteiger charge is 2.31. The Morgan fingerprint density at radius 2 is 1.67 bits per heavy atom. The second kappa shape index (κ2) is 15.3. The van der Waals surface area contributed by atoms with Crippen LogP contribution in [0, 0.1) is 5.82 Å². The van der Waals surface area contributed by atoms with Gasteiger partial charge in [0.2, 0.25) is 5.95 Å². The number of hydrogen-bond acceptors (Lipinski definition) is 10. The molecular weight excluding hydrogens is 632 g/mol. The Kier molecular flexibility index (Phi) is 11.2. The van der Waals surface area contributed by atoms with Crippen LogP contribution in [0.4, 0.5) is 28.6 Å². The highest BCUT2D eigenvalue weighted by atomic mass is 32.1. The maximum atomic E-state index is 14.8. The van der Waals surface area contributed by atoms with Crippen LogP contribution in [0.1, 0.15) is 10.4 Å². The fourth-order valence-corrected chi connectivity index (χ4v) is 5.87. The number of nitrogens with zero attached hydrogens (tertiary/aromatic N) is 5. The first-order chi connectivity index (χ1) is 22.1. The predicted molar refractivity (Wildman–Crippen MR) is 166 cm³/mol. The maximum absolute atomic E-state index is 14.8. The summed E-state index contributed by atoms with van der Waals surface area (Å²) in [5, 5.41) is 6.14. The van der Waals surface area contributed by atoms with Crippen LogP contribution < -0.4 is 15.4 Å². The molecule has 12 nitrogen and oxygen atoms in total. The van der Waals surface area contributed by atoms with E-state index in [9.17, 15) is 22.4 Å². The summed E-state index contributed by atoms with van der Waals surface area (Å²) in [5.41, 5.74) is 8.16. The van der Waals surface area contributed by atoms with Crippen LogP contribution in [0.25, 0.3) is 27.0 Å². The largest absolute Gasteiger partial charge is 0.676 e. The third kappa shape index (κ3) is 9.01. The summed E-state index contributed by atoms with van der Waals surface area (Å²) in [5.74, 6) is -1.23. The number of amides is 1. The highest BCUT2D eigenvalue weighted by molar-refractivity contribution is 7.22. The van der Waals surface area contributed by atoms with Crippen molar-refractivity contribution in [3.05, 3.63) is 47.4 Å². The van der Waals surface area contributed by atoms with Gasteiger partial charge < -0.3 is 40.0 Å². The summed E-state index contributed by atoms with van der Waals surface area (Å²) < 4.78 is 68.8. The molecule has 4 aromatic rings. The van der Waals surface area contributed by atoms with Gasteiger partial charge in [-0.3, -0.25) is 9.69 Å². The molecule has 2 aromatic carbocycles. The minimum Gasteiger partial charge on any atom is -0.676 e. The second-order valence-electron chi connectivity index (χ2n) is 10.6. The molecule has 17 heteroatoms. The predicted octanol–water partition coefficient (Wildman–Crippen LogP) is 4.40. The quantitative estimate of drug-likeness (QED) is 0.250. The van der Waals surface area contributed by atoms with Gasteiger partial charge in [-0.15, -0.1) is 19.7 Å². The lowest BCUT2D eigenvalue weighted by Gasteiger charge is -2.27. The van der Waals surface area contributed by atoms with Gasteiger partial charge in [0.05, 0.1) is 53.2 Å². The van der Waals surface area contributed by atoms with Crippen molar-refractivity contribution in [3.8, 4) is 5.75 Å². The number of imidazole rings is 1. The van der Waals surface area contributed by atoms with Crippen molar-refractivity contribution < 1.29 is 36.6 Å². The number of carbonyl (C=O) groups excluding carboxylic acids is 1. The van der Waals surface area contributed by atoms with Crippen molar-refractivity contribution in [3.63, 3.8) is 0 Å². The zero-order valence-corrected chi connectivity index (χ0v) is 26.0. The van der Waals surface area contributed by atoms with Gasteiger partial charge in [-0.2, -0.15) is 0 Å². The van der Waals surface area contributed by atoms with E-state index in [2.05, 4.69) is 35.1 Å². The number of ether oxygens (including phenoxy) is 3. The Morgan fingerprint density at radius 3 is 2.33 bits per heavy atom. The third-order valence-electron chi connectivity index (χ3n) is 7.38. The van der Waals surface area contributed by atoms with Crippen molar-refractivity contribution in [2.24, 2.45) is 7.05 Å². The molecule has 2 fully saturated rings. The third-order valence-corrected chi connectivity index (χ3v) is 8.31. The Bertz CT molecular complexity index is 1620. The summed E-state index contributed by atoms with van der Waals surface area (Å²) in [6.45, 7) is 9.04. The van der Waals surface area contributed by atoms with E-state index in [-0.39, 0.29) is 11.3 Å². The molecule has 2 aliphatic heterocycles. The van der Waals surface area contributed by atoms with Gasteiger partial charge in [-0.25, -0.2) is 14.4 Å². The van der Waals surface area contributed by atoms with Crippen LogP contribution in [0.15, 0.2) is 30.3 Å². The molecule has 3 N–H and O–H groups in total. The van der Waals surface area contributed by atoms with Crippen molar-refractivity contribution in [1.29, 1.82) is 0 Å². The number of morpholine rings is 2. The average molecular weight is 668 g/mol. The normalized spacial score (nSPS) is 16.3. The van der Waals surface area contributed by atoms with Crippen molar-refractivity contribution in [2.45, 2.75) is 6.36 Å². The molecule has 2 aliphatic rings. The Hall–Kier alpha value is -3.61. The van der Waals surface area contributed by atoms with Gasteiger partial charge in [-0.1, -0.05) is 11.3 Å². The molecule has 0 radical (unpaired) electrons. The molecule has 2 aromatic heterocycles. The summed E-state index contributed by atoms with van der Waals surface area (Å²) in [7, 11) is 1.67. The van der Waals surface area contributed by atoms with Gasteiger partial charge in [0.15, 0.2) is 5.13 Å². The van der Waals surface area contributed by atoms with Gasteiger partial charge >= 0.3 is 6.36 Å². The van der Waals surface area contributed by atoms with E-state index < -0.39 is 18.1 Å². The lowest BCUT2D eigenvalue weighted by atomic mass is 10.1. The minimum atomic E-state index is -4.79. The first-order valence-corrected chi connectivity index (χ1v) is 15.5. The molecule has 250 valence electrons. The monoisotopic (exact) mass is 667 g/mol. The van der Waals surface area contributed by atoms with Crippen LogP contribution in [0.3, 0.4) is 0 Å². The number of thiazole rings is 1.